The first-order valence-electron chi connectivity index (χ1n) is 9.33. The molecule has 0 amide bonds. The van der Waals surface area contributed by atoms with Crippen molar-refractivity contribution in [1.82, 2.24) is 15.1 Å². The van der Waals surface area contributed by atoms with Gasteiger partial charge in [-0.1, -0.05) is 24.2 Å². The molecule has 0 aliphatic carbocycles. The summed E-state index contributed by atoms with van der Waals surface area (Å²) < 4.78 is 11.1. The van der Waals surface area contributed by atoms with Crippen LogP contribution in [0.15, 0.2) is 28.8 Å². The molecule has 6 heteroatoms. The van der Waals surface area contributed by atoms with Crippen LogP contribution in [0.4, 0.5) is 5.82 Å². The minimum absolute atomic E-state index is 0.235. The Labute approximate surface area is 153 Å². The lowest BCUT2D eigenvalue weighted by Crippen LogP contribution is -2.19. The molecule has 3 aromatic rings. The highest BCUT2D eigenvalue weighted by Gasteiger charge is 2.19. The summed E-state index contributed by atoms with van der Waals surface area (Å²) in [7, 11) is 0. The number of anilines is 1. The van der Waals surface area contributed by atoms with E-state index in [1.54, 1.807) is 0 Å². The van der Waals surface area contributed by atoms with Crippen LogP contribution in [-0.2, 0) is 11.2 Å². The lowest BCUT2D eigenvalue weighted by atomic mass is 10.1. The number of fused-ring (bicyclic) bond motifs is 1. The number of pyridine rings is 1. The molecule has 1 saturated heterocycles. The van der Waals surface area contributed by atoms with Gasteiger partial charge >= 0.3 is 0 Å². The zero-order chi connectivity index (χ0) is 17.9. The molecule has 1 aromatic carbocycles. The van der Waals surface area contributed by atoms with Gasteiger partial charge in [0, 0.05) is 25.0 Å². The Morgan fingerprint density at radius 3 is 2.96 bits per heavy atom. The molecule has 0 spiro atoms. The van der Waals surface area contributed by atoms with Crippen molar-refractivity contribution in [3.05, 3.63) is 35.7 Å². The lowest BCUT2D eigenvalue weighted by molar-refractivity contribution is 0.120. The van der Waals surface area contributed by atoms with Crippen LogP contribution in [0.5, 0.6) is 0 Å². The van der Waals surface area contributed by atoms with E-state index >= 15 is 0 Å². The number of benzene rings is 1. The van der Waals surface area contributed by atoms with E-state index < -0.39 is 0 Å². The van der Waals surface area contributed by atoms with Crippen molar-refractivity contribution in [1.29, 1.82) is 0 Å². The first kappa shape index (κ1) is 17.0. The molecule has 6 nitrogen and oxygen atoms in total. The molecule has 1 aliphatic rings. The van der Waals surface area contributed by atoms with Crippen LogP contribution < -0.4 is 5.32 Å². The van der Waals surface area contributed by atoms with Crippen molar-refractivity contribution in [2.24, 2.45) is 0 Å². The zero-order valence-corrected chi connectivity index (χ0v) is 15.3. The maximum Gasteiger partial charge on any atom is 0.226 e. The summed E-state index contributed by atoms with van der Waals surface area (Å²) in [5, 5.41) is 8.69. The van der Waals surface area contributed by atoms with E-state index in [4.69, 9.17) is 14.2 Å². The second-order valence-corrected chi connectivity index (χ2v) is 6.86. The molecule has 26 heavy (non-hydrogen) atoms. The summed E-state index contributed by atoms with van der Waals surface area (Å²) in [6, 6.07) is 8.35. The number of nitrogens with one attached hydrogen (secondary N) is 1. The summed E-state index contributed by atoms with van der Waals surface area (Å²) in [5.41, 5.74) is 3.01. The summed E-state index contributed by atoms with van der Waals surface area (Å²) in [4.78, 5) is 9.39. The van der Waals surface area contributed by atoms with Gasteiger partial charge in [0.15, 0.2) is 0 Å². The first-order valence-corrected chi connectivity index (χ1v) is 9.33. The molecule has 1 N–H and O–H groups in total. The van der Waals surface area contributed by atoms with E-state index in [0.29, 0.717) is 11.7 Å². The fraction of sp³-hybridized carbons (Fsp3) is 0.450. The zero-order valence-electron chi connectivity index (χ0n) is 15.3. The van der Waals surface area contributed by atoms with Crippen LogP contribution >= 0.6 is 0 Å². The van der Waals surface area contributed by atoms with Crippen LogP contribution in [-0.4, -0.2) is 34.4 Å². The number of nitrogens with zero attached hydrogens (tertiary/aromatic N) is 3. The van der Waals surface area contributed by atoms with Crippen molar-refractivity contribution in [2.45, 2.75) is 45.6 Å². The van der Waals surface area contributed by atoms with Gasteiger partial charge in [0.05, 0.1) is 17.2 Å². The average Bonchev–Trinajstić information content (AvgIpc) is 3.31. The highest BCUT2D eigenvalue weighted by molar-refractivity contribution is 5.88. The van der Waals surface area contributed by atoms with Gasteiger partial charge in [-0.3, -0.25) is 0 Å². The van der Waals surface area contributed by atoms with Gasteiger partial charge in [-0.05, 0) is 43.9 Å². The summed E-state index contributed by atoms with van der Waals surface area (Å²) in [6.45, 7) is 5.74. The van der Waals surface area contributed by atoms with Crippen molar-refractivity contribution in [3.63, 3.8) is 0 Å². The lowest BCUT2D eigenvalue weighted by Gasteiger charge is -2.14. The van der Waals surface area contributed by atoms with Crippen LogP contribution in [0, 0.1) is 6.92 Å². The van der Waals surface area contributed by atoms with Crippen LogP contribution in [0.25, 0.3) is 22.3 Å². The van der Waals surface area contributed by atoms with Gasteiger partial charge in [0.1, 0.15) is 5.82 Å². The Morgan fingerprint density at radius 2 is 2.15 bits per heavy atom. The average molecular weight is 352 g/mol. The number of hydrogen-bond acceptors (Lipinski definition) is 6. The van der Waals surface area contributed by atoms with Crippen molar-refractivity contribution < 1.29 is 9.26 Å². The third-order valence-electron chi connectivity index (χ3n) is 4.67. The molecule has 2 aromatic heterocycles. The maximum absolute atomic E-state index is 5.72. The smallest absolute Gasteiger partial charge is 0.226 e. The van der Waals surface area contributed by atoms with Gasteiger partial charge in [-0.25, -0.2) is 4.98 Å². The molecule has 1 unspecified atom stereocenters. The molecule has 1 fully saturated rings. The van der Waals surface area contributed by atoms with E-state index in [1.807, 2.05) is 0 Å². The van der Waals surface area contributed by atoms with E-state index in [-0.39, 0.29) is 6.10 Å². The fourth-order valence-electron chi connectivity index (χ4n) is 3.28. The molecule has 0 saturated carbocycles. The van der Waals surface area contributed by atoms with Crippen LogP contribution in [0.1, 0.15) is 37.6 Å². The van der Waals surface area contributed by atoms with Crippen molar-refractivity contribution in [2.75, 3.05) is 18.5 Å². The first-order chi connectivity index (χ1) is 12.7. The topological polar surface area (TPSA) is 73.1 Å². The molecule has 0 bridgehead atoms. The molecule has 1 atom stereocenters. The second-order valence-electron chi connectivity index (χ2n) is 6.86. The third kappa shape index (κ3) is 3.55. The molecular formula is C20H24N4O2. The van der Waals surface area contributed by atoms with Gasteiger partial charge < -0.3 is 14.6 Å². The van der Waals surface area contributed by atoms with Gasteiger partial charge in [0.2, 0.25) is 11.7 Å². The fourth-order valence-corrected chi connectivity index (χ4v) is 3.28. The Balaban J connectivity index is 1.71. The standard InChI is InChI=1S/C20H24N4O2/c1-3-5-18-23-20(24-26-18)16-11-14-8-7-13(2)10-17(14)22-19(16)21-12-15-6-4-9-25-15/h7-8,10-11,15H,3-6,9,12H2,1-2H3,(H,21,22). The van der Waals surface area contributed by atoms with Gasteiger partial charge in [0.25, 0.3) is 0 Å². The molecular weight excluding hydrogens is 328 g/mol. The largest absolute Gasteiger partial charge is 0.376 e. The predicted octanol–water partition coefficient (Wildman–Crippen LogP) is 4.14. The van der Waals surface area contributed by atoms with Crippen LogP contribution in [0.3, 0.4) is 0 Å². The van der Waals surface area contributed by atoms with E-state index in [0.717, 1.165) is 61.1 Å². The van der Waals surface area contributed by atoms with Crippen molar-refractivity contribution >= 4 is 16.7 Å². The second kappa shape index (κ2) is 7.41. The van der Waals surface area contributed by atoms with Gasteiger partial charge in [-0.15, -0.1) is 0 Å². The predicted molar refractivity (Wildman–Crippen MR) is 101 cm³/mol. The van der Waals surface area contributed by atoms with Crippen molar-refractivity contribution in [3.8, 4) is 11.4 Å². The number of aromatic nitrogens is 3. The monoisotopic (exact) mass is 352 g/mol. The molecule has 3 heterocycles. The Kier molecular flexibility index (Phi) is 4.84. The molecule has 1 aliphatic heterocycles. The Bertz CT molecular complexity index is 900. The van der Waals surface area contributed by atoms with Crippen LogP contribution in [0.2, 0.25) is 0 Å². The summed E-state index contributed by atoms with van der Waals surface area (Å²) >= 11 is 0. The van der Waals surface area contributed by atoms with E-state index in [1.165, 1.54) is 5.56 Å². The number of hydrogen-bond donors (Lipinski definition) is 1. The quantitative estimate of drug-likeness (QED) is 0.719. The minimum atomic E-state index is 0.235. The van der Waals surface area contributed by atoms with E-state index in [9.17, 15) is 0 Å². The molecule has 4 rings (SSSR count). The van der Waals surface area contributed by atoms with E-state index in [2.05, 4.69) is 53.6 Å². The minimum Gasteiger partial charge on any atom is -0.376 e. The van der Waals surface area contributed by atoms with Gasteiger partial charge in [-0.2, -0.15) is 4.98 Å². The summed E-state index contributed by atoms with van der Waals surface area (Å²) in [6.07, 6.45) is 4.19. The molecule has 0 radical (unpaired) electrons. The Morgan fingerprint density at radius 1 is 1.23 bits per heavy atom. The maximum atomic E-state index is 5.72. The SMILES string of the molecule is CCCc1nc(-c2cc3ccc(C)cc3nc2NCC2CCCO2)no1. The highest BCUT2D eigenvalue weighted by Crippen LogP contribution is 2.29. The number of ether oxygens (including phenoxy) is 1. The molecule has 136 valence electrons. The Hall–Kier alpha value is -2.47. The number of aryl methyl sites for hydroxylation is 2. The third-order valence-corrected chi connectivity index (χ3v) is 4.67. The highest BCUT2D eigenvalue weighted by atomic mass is 16.5. The summed E-state index contributed by atoms with van der Waals surface area (Å²) in [5.74, 6) is 2.03. The number of rotatable bonds is 6. The normalized spacial score (nSPS) is 17.1.